The van der Waals surface area contributed by atoms with Crippen LogP contribution in [0.4, 0.5) is 0 Å². The summed E-state index contributed by atoms with van der Waals surface area (Å²) in [5.74, 6) is -0.363. The molecule has 84 heavy (non-hydrogen) atoms. The first-order valence-electron chi connectivity index (χ1n) is 36.1. The summed E-state index contributed by atoms with van der Waals surface area (Å²) in [4.78, 5) is 13.2. The van der Waals surface area contributed by atoms with E-state index in [1.807, 2.05) is 0 Å². The van der Waals surface area contributed by atoms with Crippen molar-refractivity contribution >= 4 is 5.97 Å². The third-order valence-corrected chi connectivity index (χ3v) is 17.9. The number of aliphatic hydroxyl groups excluding tert-OH is 7. The molecule has 0 bridgehead atoms. The number of hydrogen-bond acceptors (Lipinski definition) is 14. The Balaban J connectivity index is 1.61. The van der Waals surface area contributed by atoms with Gasteiger partial charge in [-0.2, -0.15) is 0 Å². The number of carbonyl (C=O) groups is 1. The summed E-state index contributed by atoms with van der Waals surface area (Å²) in [6, 6.07) is 0. The normalized spacial score (nSPS) is 23.2. The standard InChI is InChI=1S/C70H136O14/c1-3-5-7-9-11-13-15-17-19-21-23-25-27-29-31-33-35-37-39-41-43-45-47-49-51-53-62(72)82-59(57-80-69-68(78)66(76)64(74)61(84-69)58-81-70-67(77)65(75)63(73)60(55-71)83-70)56-79-54-52-50-48-46-44-42-40-38-36-34-32-30-28-26-24-22-20-18-16-14-12-10-8-6-4-2/h59-61,63-71,73-78H,3-58H2,1-2H3. The van der Waals surface area contributed by atoms with Crippen LogP contribution in [-0.2, 0) is 33.2 Å². The highest BCUT2D eigenvalue weighted by Crippen LogP contribution is 2.27. The van der Waals surface area contributed by atoms with E-state index >= 15 is 0 Å². The van der Waals surface area contributed by atoms with Crippen molar-refractivity contribution in [3.63, 3.8) is 0 Å². The van der Waals surface area contributed by atoms with E-state index in [0.29, 0.717) is 6.61 Å². The van der Waals surface area contributed by atoms with Crippen molar-refractivity contribution in [3.05, 3.63) is 0 Å². The third kappa shape index (κ3) is 42.1. The molecule has 2 aliphatic rings. The van der Waals surface area contributed by atoms with Crippen molar-refractivity contribution in [1.82, 2.24) is 0 Å². The topological polar surface area (TPSA) is 214 Å². The molecule has 0 aromatic rings. The molecule has 2 rings (SSSR count). The van der Waals surface area contributed by atoms with E-state index in [1.165, 1.54) is 276 Å². The van der Waals surface area contributed by atoms with E-state index in [2.05, 4.69) is 13.8 Å². The second-order valence-corrected chi connectivity index (χ2v) is 25.8. The Kier molecular flexibility index (Phi) is 53.8. The molecule has 0 aliphatic carbocycles. The Morgan fingerprint density at radius 2 is 0.631 bits per heavy atom. The van der Waals surface area contributed by atoms with Crippen LogP contribution in [0, 0.1) is 0 Å². The third-order valence-electron chi connectivity index (χ3n) is 17.9. The minimum atomic E-state index is -1.70. The number of aliphatic hydroxyl groups is 7. The molecule has 14 heteroatoms. The molecular formula is C70H136O14. The van der Waals surface area contributed by atoms with Crippen molar-refractivity contribution in [2.45, 2.75) is 409 Å². The molecule has 2 heterocycles. The van der Waals surface area contributed by atoms with Gasteiger partial charge in [0, 0.05) is 13.0 Å². The highest BCUT2D eigenvalue weighted by molar-refractivity contribution is 5.69. The van der Waals surface area contributed by atoms with Crippen molar-refractivity contribution in [2.24, 2.45) is 0 Å². The molecule has 0 aromatic heterocycles. The monoisotopic (exact) mass is 1200 g/mol. The lowest BCUT2D eigenvalue weighted by atomic mass is 9.98. The fourth-order valence-corrected chi connectivity index (χ4v) is 12.1. The smallest absolute Gasteiger partial charge is 0.306 e. The van der Waals surface area contributed by atoms with E-state index in [0.717, 1.165) is 44.9 Å². The summed E-state index contributed by atoms with van der Waals surface area (Å²) in [6.07, 6.45) is 50.5. The Bertz CT molecular complexity index is 1390. The predicted octanol–water partition coefficient (Wildman–Crippen LogP) is 15.5. The molecule has 11 atom stereocenters. The zero-order valence-corrected chi connectivity index (χ0v) is 54.4. The molecule has 500 valence electrons. The highest BCUT2D eigenvalue weighted by atomic mass is 16.7. The Morgan fingerprint density at radius 1 is 0.345 bits per heavy atom. The van der Waals surface area contributed by atoms with E-state index in [4.69, 9.17) is 28.4 Å². The van der Waals surface area contributed by atoms with Gasteiger partial charge in [0.1, 0.15) is 54.9 Å². The summed E-state index contributed by atoms with van der Waals surface area (Å²) in [7, 11) is 0. The number of carbonyl (C=O) groups excluding carboxylic acids is 1. The van der Waals surface area contributed by atoms with Crippen LogP contribution in [-0.4, -0.2) is 142 Å². The van der Waals surface area contributed by atoms with Crippen LogP contribution in [0.15, 0.2) is 0 Å². The van der Waals surface area contributed by atoms with Crippen LogP contribution in [0.3, 0.4) is 0 Å². The molecule has 0 saturated carbocycles. The molecule has 2 aliphatic heterocycles. The fraction of sp³-hybridized carbons (Fsp3) is 0.986. The quantitative estimate of drug-likeness (QED) is 0.0223. The summed E-state index contributed by atoms with van der Waals surface area (Å²) in [5.41, 5.74) is 0. The van der Waals surface area contributed by atoms with Gasteiger partial charge in [0.15, 0.2) is 12.6 Å². The molecule has 2 fully saturated rings. The number of ether oxygens (including phenoxy) is 6. The van der Waals surface area contributed by atoms with E-state index in [1.54, 1.807) is 0 Å². The zero-order chi connectivity index (χ0) is 60.8. The maximum Gasteiger partial charge on any atom is 0.306 e. The second kappa shape index (κ2) is 57.2. The van der Waals surface area contributed by atoms with Crippen LogP contribution in [0.5, 0.6) is 0 Å². The Hall–Kier alpha value is -1.01. The lowest BCUT2D eigenvalue weighted by Gasteiger charge is -2.42. The summed E-state index contributed by atoms with van der Waals surface area (Å²) < 4.78 is 34.6. The molecule has 7 N–H and O–H groups in total. The van der Waals surface area contributed by atoms with Gasteiger partial charge in [0.25, 0.3) is 0 Å². The average Bonchev–Trinajstić information content (AvgIpc) is 3.02. The first-order chi connectivity index (χ1) is 41.1. The van der Waals surface area contributed by atoms with Crippen molar-refractivity contribution in [1.29, 1.82) is 0 Å². The van der Waals surface area contributed by atoms with Crippen LogP contribution in [0.25, 0.3) is 0 Å². The lowest BCUT2D eigenvalue weighted by Crippen LogP contribution is -2.61. The van der Waals surface area contributed by atoms with Gasteiger partial charge in [-0.1, -0.05) is 322 Å². The fourth-order valence-electron chi connectivity index (χ4n) is 12.1. The van der Waals surface area contributed by atoms with Crippen molar-refractivity contribution < 1.29 is 69.0 Å². The van der Waals surface area contributed by atoms with Crippen LogP contribution >= 0.6 is 0 Å². The minimum absolute atomic E-state index is 0.0717. The van der Waals surface area contributed by atoms with Gasteiger partial charge in [0.05, 0.1) is 26.4 Å². The molecule has 0 aromatic carbocycles. The average molecular weight is 1200 g/mol. The lowest BCUT2D eigenvalue weighted by molar-refractivity contribution is -0.332. The summed E-state index contributed by atoms with van der Waals surface area (Å²) in [5, 5.41) is 72.6. The van der Waals surface area contributed by atoms with Crippen LogP contribution in [0.1, 0.15) is 341 Å². The van der Waals surface area contributed by atoms with Gasteiger partial charge in [-0.05, 0) is 12.8 Å². The van der Waals surface area contributed by atoms with Gasteiger partial charge >= 0.3 is 5.97 Å². The molecule has 0 radical (unpaired) electrons. The van der Waals surface area contributed by atoms with Gasteiger partial charge in [0.2, 0.25) is 0 Å². The van der Waals surface area contributed by atoms with Crippen LogP contribution < -0.4 is 0 Å². The first-order valence-corrected chi connectivity index (χ1v) is 36.1. The predicted molar refractivity (Wildman–Crippen MR) is 340 cm³/mol. The second-order valence-electron chi connectivity index (χ2n) is 25.8. The molecule has 0 spiro atoms. The Morgan fingerprint density at radius 3 is 0.964 bits per heavy atom. The number of esters is 1. The molecular weight excluding hydrogens is 1060 g/mol. The van der Waals surface area contributed by atoms with Gasteiger partial charge in [-0.3, -0.25) is 4.79 Å². The maximum absolute atomic E-state index is 13.2. The summed E-state index contributed by atoms with van der Waals surface area (Å²) in [6.45, 7) is 3.80. The SMILES string of the molecule is CCCCCCCCCCCCCCCCCCCCCCCCCCCOCC(COC1OC(COC2OC(CO)C(O)C(O)C2O)C(O)C(O)C1O)OC(=O)CCCCCCCCCCCCCCCCCCCCCCCCCCC. The number of rotatable bonds is 62. The Labute approximate surface area is 514 Å². The zero-order valence-electron chi connectivity index (χ0n) is 54.4. The number of hydrogen-bond donors (Lipinski definition) is 7. The molecule has 14 nitrogen and oxygen atoms in total. The highest BCUT2D eigenvalue weighted by Gasteiger charge is 2.47. The molecule has 0 amide bonds. The molecule has 11 unspecified atom stereocenters. The van der Waals surface area contributed by atoms with Crippen molar-refractivity contribution in [2.75, 3.05) is 33.0 Å². The van der Waals surface area contributed by atoms with E-state index in [9.17, 15) is 40.5 Å². The van der Waals surface area contributed by atoms with E-state index < -0.39 is 80.7 Å². The molecule has 2 saturated heterocycles. The minimum Gasteiger partial charge on any atom is -0.457 e. The summed E-state index contributed by atoms with van der Waals surface area (Å²) >= 11 is 0. The van der Waals surface area contributed by atoms with Crippen LogP contribution in [0.2, 0.25) is 0 Å². The van der Waals surface area contributed by atoms with Gasteiger partial charge in [-0.15, -0.1) is 0 Å². The largest absolute Gasteiger partial charge is 0.457 e. The van der Waals surface area contributed by atoms with Gasteiger partial charge < -0.3 is 64.2 Å². The van der Waals surface area contributed by atoms with Crippen molar-refractivity contribution in [3.8, 4) is 0 Å². The van der Waals surface area contributed by atoms with E-state index in [-0.39, 0.29) is 25.6 Å². The van der Waals surface area contributed by atoms with Gasteiger partial charge in [-0.25, -0.2) is 0 Å². The number of unbranched alkanes of at least 4 members (excludes halogenated alkanes) is 48. The maximum atomic E-state index is 13.2. The first kappa shape index (κ1) is 79.1.